The van der Waals surface area contributed by atoms with Gasteiger partial charge in [0.05, 0.1) is 31.0 Å². The summed E-state index contributed by atoms with van der Waals surface area (Å²) in [4.78, 5) is 0. The van der Waals surface area contributed by atoms with Crippen LogP contribution in [-0.4, -0.2) is 36.1 Å². The summed E-state index contributed by atoms with van der Waals surface area (Å²) >= 11 is 0. The van der Waals surface area contributed by atoms with E-state index in [0.29, 0.717) is 18.9 Å². The normalized spacial score (nSPS) is 17.5. The van der Waals surface area contributed by atoms with E-state index in [1.54, 1.807) is 0 Å². The van der Waals surface area contributed by atoms with Crippen molar-refractivity contribution < 1.29 is 14.6 Å². The van der Waals surface area contributed by atoms with Gasteiger partial charge in [-0.15, -0.1) is 0 Å². The minimum absolute atomic E-state index is 0.110. The first-order valence-electron chi connectivity index (χ1n) is 6.76. The first kappa shape index (κ1) is 16.9. The van der Waals surface area contributed by atoms with Crippen molar-refractivity contribution in [2.45, 2.75) is 78.8 Å². The summed E-state index contributed by atoms with van der Waals surface area (Å²) in [6, 6.07) is 0. The van der Waals surface area contributed by atoms with E-state index in [1.807, 2.05) is 27.7 Å². The van der Waals surface area contributed by atoms with Crippen LogP contribution in [0.25, 0.3) is 0 Å². The van der Waals surface area contributed by atoms with E-state index < -0.39 is 0 Å². The molecule has 0 spiro atoms. The quantitative estimate of drug-likeness (QED) is 0.679. The molecular weight excluding hydrogens is 216 g/mol. The second-order valence-corrected chi connectivity index (χ2v) is 5.67. The molecule has 17 heavy (non-hydrogen) atoms. The Labute approximate surface area is 107 Å². The van der Waals surface area contributed by atoms with Gasteiger partial charge in [0.2, 0.25) is 0 Å². The highest BCUT2D eigenvalue weighted by Gasteiger charge is 2.16. The Morgan fingerprint density at radius 3 is 1.94 bits per heavy atom. The number of ether oxygens (including phenoxy) is 2. The Morgan fingerprint density at radius 1 is 0.941 bits per heavy atom. The summed E-state index contributed by atoms with van der Waals surface area (Å²) in [7, 11) is 0. The van der Waals surface area contributed by atoms with Crippen LogP contribution in [0.3, 0.4) is 0 Å². The molecule has 0 aromatic carbocycles. The Hall–Kier alpha value is -0.120. The predicted molar refractivity (Wildman–Crippen MR) is 71.2 cm³/mol. The van der Waals surface area contributed by atoms with Gasteiger partial charge in [0, 0.05) is 0 Å². The van der Waals surface area contributed by atoms with Crippen LogP contribution in [0.5, 0.6) is 0 Å². The van der Waals surface area contributed by atoms with Gasteiger partial charge in [-0.2, -0.15) is 0 Å². The molecule has 0 aliphatic heterocycles. The molecule has 0 saturated carbocycles. The van der Waals surface area contributed by atoms with Crippen molar-refractivity contribution in [3.8, 4) is 0 Å². The smallest absolute Gasteiger partial charge is 0.0784 e. The molecule has 1 N–H and O–H groups in total. The van der Waals surface area contributed by atoms with Crippen LogP contribution in [0.4, 0.5) is 0 Å². The zero-order valence-electron chi connectivity index (χ0n) is 12.3. The molecule has 3 heteroatoms. The molecule has 104 valence electrons. The highest BCUT2D eigenvalue weighted by atomic mass is 16.5. The summed E-state index contributed by atoms with van der Waals surface area (Å²) in [6.45, 7) is 12.8. The second-order valence-electron chi connectivity index (χ2n) is 5.67. The minimum Gasteiger partial charge on any atom is -0.393 e. The minimum atomic E-state index is -0.305. The molecular formula is C14H30O3. The third-order valence-electron chi connectivity index (χ3n) is 2.41. The van der Waals surface area contributed by atoms with Crippen molar-refractivity contribution >= 4 is 0 Å². The summed E-state index contributed by atoms with van der Waals surface area (Å²) in [5, 5.41) is 9.44. The van der Waals surface area contributed by atoms with E-state index in [2.05, 4.69) is 13.8 Å². The summed E-state index contributed by atoms with van der Waals surface area (Å²) < 4.78 is 11.5. The van der Waals surface area contributed by atoms with E-state index in [1.165, 1.54) is 0 Å². The fourth-order valence-electron chi connectivity index (χ4n) is 1.91. The fourth-order valence-corrected chi connectivity index (χ4v) is 1.91. The largest absolute Gasteiger partial charge is 0.393 e. The Kier molecular flexibility index (Phi) is 8.83. The SMILES string of the molecule is CC(C)CC(CC(C)O)OCC(C)OC(C)C. The van der Waals surface area contributed by atoms with Gasteiger partial charge < -0.3 is 14.6 Å². The Bertz CT molecular complexity index is 168. The van der Waals surface area contributed by atoms with Gasteiger partial charge in [-0.25, -0.2) is 0 Å². The van der Waals surface area contributed by atoms with Gasteiger partial charge in [0.25, 0.3) is 0 Å². The lowest BCUT2D eigenvalue weighted by Gasteiger charge is -2.24. The third kappa shape index (κ3) is 10.7. The molecule has 3 nitrogen and oxygen atoms in total. The van der Waals surface area contributed by atoms with Crippen molar-refractivity contribution in [2.24, 2.45) is 5.92 Å². The van der Waals surface area contributed by atoms with Gasteiger partial charge >= 0.3 is 0 Å². The van der Waals surface area contributed by atoms with Crippen LogP contribution in [0.1, 0.15) is 54.4 Å². The number of aliphatic hydroxyl groups excluding tert-OH is 1. The first-order chi connectivity index (χ1) is 7.81. The monoisotopic (exact) mass is 246 g/mol. The standard InChI is InChI=1S/C14H30O3/c1-10(2)7-14(8-12(5)15)16-9-13(6)17-11(3)4/h10-15H,7-9H2,1-6H3. The van der Waals surface area contributed by atoms with Crippen LogP contribution in [0.15, 0.2) is 0 Å². The van der Waals surface area contributed by atoms with Crippen molar-refractivity contribution in [1.29, 1.82) is 0 Å². The first-order valence-corrected chi connectivity index (χ1v) is 6.76. The van der Waals surface area contributed by atoms with Crippen LogP contribution in [0, 0.1) is 5.92 Å². The molecule has 0 amide bonds. The molecule has 0 fully saturated rings. The Morgan fingerprint density at radius 2 is 1.53 bits per heavy atom. The summed E-state index contributed by atoms with van der Waals surface area (Å²) in [5.74, 6) is 0.583. The Balaban J connectivity index is 3.97. The average molecular weight is 246 g/mol. The zero-order valence-corrected chi connectivity index (χ0v) is 12.3. The summed E-state index contributed by atoms with van der Waals surface area (Å²) in [5.41, 5.74) is 0. The highest BCUT2D eigenvalue weighted by Crippen LogP contribution is 2.14. The lowest BCUT2D eigenvalue weighted by atomic mass is 10.0. The van der Waals surface area contributed by atoms with Crippen molar-refractivity contribution in [2.75, 3.05) is 6.61 Å². The van der Waals surface area contributed by atoms with E-state index in [4.69, 9.17) is 9.47 Å². The van der Waals surface area contributed by atoms with Crippen LogP contribution >= 0.6 is 0 Å². The third-order valence-corrected chi connectivity index (χ3v) is 2.41. The number of aliphatic hydroxyl groups is 1. The second kappa shape index (κ2) is 8.90. The number of hydrogen-bond donors (Lipinski definition) is 1. The number of rotatable bonds is 9. The lowest BCUT2D eigenvalue weighted by Crippen LogP contribution is -2.27. The van der Waals surface area contributed by atoms with E-state index in [9.17, 15) is 5.11 Å². The topological polar surface area (TPSA) is 38.7 Å². The van der Waals surface area contributed by atoms with Crippen LogP contribution < -0.4 is 0 Å². The fraction of sp³-hybridized carbons (Fsp3) is 1.00. The van der Waals surface area contributed by atoms with Crippen LogP contribution in [0.2, 0.25) is 0 Å². The highest BCUT2D eigenvalue weighted by molar-refractivity contribution is 4.65. The average Bonchev–Trinajstić information content (AvgIpc) is 2.11. The molecule has 0 aliphatic rings. The van der Waals surface area contributed by atoms with E-state index in [-0.39, 0.29) is 24.4 Å². The van der Waals surface area contributed by atoms with E-state index >= 15 is 0 Å². The van der Waals surface area contributed by atoms with Gasteiger partial charge in [0.15, 0.2) is 0 Å². The van der Waals surface area contributed by atoms with Gasteiger partial charge in [-0.1, -0.05) is 13.8 Å². The van der Waals surface area contributed by atoms with Crippen molar-refractivity contribution in [3.63, 3.8) is 0 Å². The maximum atomic E-state index is 9.44. The molecule has 3 atom stereocenters. The van der Waals surface area contributed by atoms with Crippen molar-refractivity contribution in [3.05, 3.63) is 0 Å². The number of hydrogen-bond acceptors (Lipinski definition) is 3. The molecule has 0 aromatic rings. The maximum Gasteiger partial charge on any atom is 0.0784 e. The molecule has 0 heterocycles. The van der Waals surface area contributed by atoms with Gasteiger partial charge in [-0.3, -0.25) is 0 Å². The van der Waals surface area contributed by atoms with Crippen LogP contribution in [-0.2, 0) is 9.47 Å². The predicted octanol–water partition coefficient (Wildman–Crippen LogP) is 3.00. The van der Waals surface area contributed by atoms with Crippen molar-refractivity contribution in [1.82, 2.24) is 0 Å². The molecule has 0 rings (SSSR count). The van der Waals surface area contributed by atoms with Gasteiger partial charge in [0.1, 0.15) is 0 Å². The molecule has 0 saturated heterocycles. The summed E-state index contributed by atoms with van der Waals surface area (Å²) in [6.07, 6.45) is 1.85. The molecule has 0 aliphatic carbocycles. The molecule has 0 bridgehead atoms. The zero-order chi connectivity index (χ0) is 13.4. The lowest BCUT2D eigenvalue weighted by molar-refractivity contribution is -0.0699. The van der Waals surface area contributed by atoms with Gasteiger partial charge in [-0.05, 0) is 46.5 Å². The molecule has 3 unspecified atom stereocenters. The van der Waals surface area contributed by atoms with E-state index in [0.717, 1.165) is 6.42 Å². The molecule has 0 aromatic heterocycles. The maximum absolute atomic E-state index is 9.44. The molecule has 0 radical (unpaired) electrons.